The maximum absolute atomic E-state index is 10.8. The third-order valence-corrected chi connectivity index (χ3v) is 3.18. The van der Waals surface area contributed by atoms with E-state index >= 15 is 0 Å². The van der Waals surface area contributed by atoms with Gasteiger partial charge >= 0.3 is 5.97 Å². The van der Waals surface area contributed by atoms with Crippen LogP contribution in [0.3, 0.4) is 0 Å². The van der Waals surface area contributed by atoms with Crippen molar-refractivity contribution in [2.75, 3.05) is 23.7 Å². The van der Waals surface area contributed by atoms with Crippen LogP contribution in [-0.2, 0) is 4.79 Å². The van der Waals surface area contributed by atoms with E-state index in [2.05, 4.69) is 6.07 Å². The van der Waals surface area contributed by atoms with E-state index in [0.717, 1.165) is 5.69 Å². The van der Waals surface area contributed by atoms with Gasteiger partial charge < -0.3 is 15.7 Å². The lowest BCUT2D eigenvalue weighted by molar-refractivity contribution is -0.136. The van der Waals surface area contributed by atoms with E-state index in [9.17, 15) is 4.79 Å². The maximum atomic E-state index is 10.8. The predicted molar refractivity (Wildman–Crippen MR) is 79.3 cm³/mol. The number of hydrogen-bond acceptors (Lipinski definition) is 4. The Hall–Kier alpha value is -2.22. The summed E-state index contributed by atoms with van der Waals surface area (Å²) in [7, 11) is 0. The minimum Gasteiger partial charge on any atom is -0.481 e. The first-order chi connectivity index (χ1) is 9.35. The van der Waals surface area contributed by atoms with Gasteiger partial charge in [0.1, 0.15) is 0 Å². The average molecular weight is 275 g/mol. The number of nitrogen functional groups attached to an aromatic ring is 1. The number of nitrogens with zero attached hydrogens (tertiary/aromatic N) is 2. The lowest BCUT2D eigenvalue weighted by Crippen LogP contribution is -2.30. The third-order valence-electron chi connectivity index (χ3n) is 3.18. The zero-order valence-electron chi connectivity index (χ0n) is 12.0. The van der Waals surface area contributed by atoms with Crippen molar-refractivity contribution in [1.29, 1.82) is 5.26 Å². The summed E-state index contributed by atoms with van der Waals surface area (Å²) in [5, 5.41) is 17.9. The normalized spacial score (nSPS) is 10.8. The highest BCUT2D eigenvalue weighted by Gasteiger charge is 2.19. The largest absolute Gasteiger partial charge is 0.481 e. The van der Waals surface area contributed by atoms with Gasteiger partial charge in [0.05, 0.1) is 29.3 Å². The van der Waals surface area contributed by atoms with Gasteiger partial charge in [-0.15, -0.1) is 0 Å². The molecule has 0 spiro atoms. The van der Waals surface area contributed by atoms with Crippen molar-refractivity contribution in [3.05, 3.63) is 24.3 Å². The molecule has 1 rings (SSSR count). The van der Waals surface area contributed by atoms with Gasteiger partial charge in [0.2, 0.25) is 0 Å². The fourth-order valence-corrected chi connectivity index (χ4v) is 1.83. The molecule has 1 aromatic rings. The van der Waals surface area contributed by atoms with Crippen LogP contribution >= 0.6 is 0 Å². The van der Waals surface area contributed by atoms with Gasteiger partial charge in [-0.2, -0.15) is 5.26 Å². The second-order valence-electron chi connectivity index (χ2n) is 5.44. The summed E-state index contributed by atoms with van der Waals surface area (Å²) >= 11 is 0. The highest BCUT2D eigenvalue weighted by Crippen LogP contribution is 2.26. The zero-order chi connectivity index (χ0) is 15.2. The lowest BCUT2D eigenvalue weighted by Gasteiger charge is -2.28. The van der Waals surface area contributed by atoms with Crippen molar-refractivity contribution < 1.29 is 9.90 Å². The van der Waals surface area contributed by atoms with E-state index in [1.165, 1.54) is 0 Å². The number of benzene rings is 1. The Bertz CT molecular complexity index is 506. The predicted octanol–water partition coefficient (Wildman–Crippen LogP) is 2.49. The number of nitrogens with two attached hydrogens (primary N) is 1. The summed E-state index contributed by atoms with van der Waals surface area (Å²) < 4.78 is 0. The first-order valence-electron chi connectivity index (χ1n) is 6.58. The molecule has 0 heterocycles. The molecule has 0 bridgehead atoms. The fourth-order valence-electron chi connectivity index (χ4n) is 1.83. The standard InChI is InChI=1S/C15H21N3O2/c1-15(2,11-16)8-10-18(9-7-14(19)20)13-6-4-3-5-12(13)17/h3-6H,7-10,17H2,1-2H3,(H,19,20). The Morgan fingerprint density at radius 3 is 2.60 bits per heavy atom. The van der Waals surface area contributed by atoms with Crippen LogP contribution in [0.15, 0.2) is 24.3 Å². The molecule has 0 radical (unpaired) electrons. The second-order valence-corrected chi connectivity index (χ2v) is 5.44. The number of nitriles is 1. The van der Waals surface area contributed by atoms with Crippen LogP contribution < -0.4 is 10.6 Å². The Morgan fingerprint density at radius 1 is 1.40 bits per heavy atom. The molecule has 0 saturated heterocycles. The Labute approximate surface area is 119 Å². The monoisotopic (exact) mass is 275 g/mol. The Morgan fingerprint density at radius 2 is 2.05 bits per heavy atom. The van der Waals surface area contributed by atoms with Crippen molar-refractivity contribution in [3.63, 3.8) is 0 Å². The van der Waals surface area contributed by atoms with Crippen molar-refractivity contribution in [2.45, 2.75) is 26.7 Å². The minimum absolute atomic E-state index is 0.0430. The zero-order valence-corrected chi connectivity index (χ0v) is 12.0. The van der Waals surface area contributed by atoms with Gasteiger partial charge in [0.25, 0.3) is 0 Å². The average Bonchev–Trinajstić information content (AvgIpc) is 2.40. The molecule has 0 aromatic heterocycles. The van der Waals surface area contributed by atoms with Gasteiger partial charge in [-0.3, -0.25) is 4.79 Å². The summed E-state index contributed by atoms with van der Waals surface area (Å²) in [5.41, 5.74) is 6.95. The number of aliphatic carboxylic acids is 1. The second kappa shape index (κ2) is 6.80. The summed E-state index contributed by atoms with van der Waals surface area (Å²) in [6.45, 7) is 4.72. The number of para-hydroxylation sites is 2. The Balaban J connectivity index is 2.84. The molecule has 0 atom stereocenters. The molecule has 0 amide bonds. The summed E-state index contributed by atoms with van der Waals surface area (Å²) in [6.07, 6.45) is 0.693. The SMILES string of the molecule is CC(C)(C#N)CCN(CCC(=O)O)c1ccccc1N. The highest BCUT2D eigenvalue weighted by molar-refractivity contribution is 5.70. The Kier molecular flexibility index (Phi) is 5.39. The minimum atomic E-state index is -0.843. The van der Waals surface area contributed by atoms with E-state index in [-0.39, 0.29) is 6.42 Å². The van der Waals surface area contributed by atoms with Crippen molar-refractivity contribution in [3.8, 4) is 6.07 Å². The summed E-state index contributed by atoms with van der Waals surface area (Å²) in [4.78, 5) is 12.7. The van der Waals surface area contributed by atoms with Crippen LogP contribution in [0.2, 0.25) is 0 Å². The molecule has 0 fully saturated rings. The molecule has 0 aliphatic carbocycles. The van der Waals surface area contributed by atoms with Gasteiger partial charge in [-0.05, 0) is 32.4 Å². The van der Waals surface area contributed by atoms with Gasteiger partial charge in [-0.25, -0.2) is 0 Å². The van der Waals surface area contributed by atoms with E-state index in [1.54, 1.807) is 6.07 Å². The number of carboxylic acids is 1. The van der Waals surface area contributed by atoms with Crippen molar-refractivity contribution in [2.24, 2.45) is 5.41 Å². The van der Waals surface area contributed by atoms with Crippen molar-refractivity contribution in [1.82, 2.24) is 0 Å². The van der Waals surface area contributed by atoms with Gasteiger partial charge in [0, 0.05) is 13.1 Å². The molecule has 5 nitrogen and oxygen atoms in total. The molecule has 3 N–H and O–H groups in total. The van der Waals surface area contributed by atoms with E-state index in [1.807, 2.05) is 36.9 Å². The molecule has 0 aliphatic heterocycles. The summed E-state index contributed by atoms with van der Waals surface area (Å²) in [5.74, 6) is -0.843. The van der Waals surface area contributed by atoms with Crippen LogP contribution in [0.25, 0.3) is 0 Å². The van der Waals surface area contributed by atoms with Gasteiger partial charge in [0.15, 0.2) is 0 Å². The molecular weight excluding hydrogens is 254 g/mol. The van der Waals surface area contributed by atoms with Gasteiger partial charge in [-0.1, -0.05) is 12.1 Å². The molecule has 108 valence electrons. The molecule has 0 saturated carbocycles. The lowest BCUT2D eigenvalue weighted by atomic mass is 9.91. The van der Waals surface area contributed by atoms with Crippen LogP contribution in [0.4, 0.5) is 11.4 Å². The summed E-state index contributed by atoms with van der Waals surface area (Å²) in [6, 6.07) is 9.63. The number of rotatable bonds is 7. The molecule has 1 aromatic carbocycles. The highest BCUT2D eigenvalue weighted by atomic mass is 16.4. The first-order valence-corrected chi connectivity index (χ1v) is 6.58. The molecule has 20 heavy (non-hydrogen) atoms. The molecular formula is C15H21N3O2. The molecule has 5 heteroatoms. The quantitative estimate of drug-likeness (QED) is 0.746. The fraction of sp³-hybridized carbons (Fsp3) is 0.467. The smallest absolute Gasteiger partial charge is 0.305 e. The van der Waals surface area contributed by atoms with Crippen LogP contribution in [0.5, 0.6) is 0 Å². The van der Waals surface area contributed by atoms with Crippen LogP contribution in [0, 0.1) is 16.7 Å². The van der Waals surface area contributed by atoms with E-state index in [0.29, 0.717) is 25.2 Å². The third kappa shape index (κ3) is 4.81. The number of hydrogen-bond donors (Lipinski definition) is 2. The maximum Gasteiger partial charge on any atom is 0.305 e. The van der Waals surface area contributed by atoms with E-state index in [4.69, 9.17) is 16.1 Å². The van der Waals surface area contributed by atoms with Crippen LogP contribution in [-0.4, -0.2) is 24.2 Å². The molecule has 0 unspecified atom stereocenters. The van der Waals surface area contributed by atoms with Crippen molar-refractivity contribution >= 4 is 17.3 Å². The number of carbonyl (C=O) groups is 1. The van der Waals surface area contributed by atoms with E-state index < -0.39 is 11.4 Å². The topological polar surface area (TPSA) is 90.3 Å². The number of anilines is 2. The number of carboxylic acid groups (broad SMARTS) is 1. The molecule has 0 aliphatic rings. The first kappa shape index (κ1) is 15.8. The van der Waals surface area contributed by atoms with Crippen LogP contribution in [0.1, 0.15) is 26.7 Å².